The summed E-state index contributed by atoms with van der Waals surface area (Å²) in [6, 6.07) is 0. The Labute approximate surface area is 139 Å². The minimum absolute atomic E-state index is 0.0878. The zero-order chi connectivity index (χ0) is 17.2. The first-order chi connectivity index (χ1) is 10.6. The fraction of sp³-hybridized carbons (Fsp3) is 0.750. The van der Waals surface area contributed by atoms with Gasteiger partial charge in [-0.25, -0.2) is 0 Å². The minimum Gasteiger partial charge on any atom is -0.392 e. The highest BCUT2D eigenvalue weighted by molar-refractivity contribution is 5.85. The Kier molecular flexibility index (Phi) is 3.70. The molecule has 0 spiro atoms. The molecule has 0 aromatic rings. The van der Waals surface area contributed by atoms with Gasteiger partial charge in [0.1, 0.15) is 5.78 Å². The third-order valence-electron chi connectivity index (χ3n) is 7.48. The minimum atomic E-state index is -0.679. The van der Waals surface area contributed by atoms with E-state index in [9.17, 15) is 15.0 Å². The van der Waals surface area contributed by atoms with E-state index in [-0.39, 0.29) is 10.8 Å². The van der Waals surface area contributed by atoms with Crippen molar-refractivity contribution < 1.29 is 15.0 Å². The summed E-state index contributed by atoms with van der Waals surface area (Å²) in [4.78, 5) is 12.4. The lowest BCUT2D eigenvalue weighted by molar-refractivity contribution is -0.140. The number of fused-ring (bicyclic) bond motifs is 2. The highest BCUT2D eigenvalue weighted by atomic mass is 16.3. The van der Waals surface area contributed by atoms with Crippen LogP contribution in [0.1, 0.15) is 59.8 Å². The number of rotatable bonds is 1. The van der Waals surface area contributed by atoms with Crippen LogP contribution in [0.25, 0.3) is 0 Å². The van der Waals surface area contributed by atoms with Crippen LogP contribution in [-0.2, 0) is 4.79 Å². The smallest absolute Gasteiger partial charge is 0.138 e. The van der Waals surface area contributed by atoms with Crippen molar-refractivity contribution in [3.05, 3.63) is 23.8 Å². The first-order valence-corrected chi connectivity index (χ1v) is 8.84. The summed E-state index contributed by atoms with van der Waals surface area (Å²) >= 11 is 0. The summed E-state index contributed by atoms with van der Waals surface area (Å²) in [7, 11) is 0. The van der Waals surface area contributed by atoms with Gasteiger partial charge in [0.05, 0.1) is 12.2 Å². The molecule has 3 nitrogen and oxygen atoms in total. The van der Waals surface area contributed by atoms with Gasteiger partial charge in [0.15, 0.2) is 0 Å². The number of carbonyl (C=O) groups is 1. The van der Waals surface area contributed by atoms with E-state index in [4.69, 9.17) is 0 Å². The highest BCUT2D eigenvalue weighted by Gasteiger charge is 2.57. The quantitative estimate of drug-likeness (QED) is 0.729. The summed E-state index contributed by atoms with van der Waals surface area (Å²) in [5, 5.41) is 21.6. The Morgan fingerprint density at radius 2 is 1.83 bits per heavy atom. The second kappa shape index (κ2) is 5.03. The van der Waals surface area contributed by atoms with E-state index in [1.54, 1.807) is 6.08 Å². The summed E-state index contributed by atoms with van der Waals surface area (Å²) < 4.78 is 0. The number of hydrogen-bond donors (Lipinski definition) is 2. The van der Waals surface area contributed by atoms with Gasteiger partial charge in [-0.2, -0.15) is 0 Å². The maximum atomic E-state index is 12.4. The van der Waals surface area contributed by atoms with Crippen molar-refractivity contribution in [2.75, 3.05) is 0 Å². The third kappa shape index (κ3) is 2.05. The number of aliphatic hydroxyl groups excluding tert-OH is 2. The van der Waals surface area contributed by atoms with Gasteiger partial charge < -0.3 is 10.2 Å². The predicted octanol–water partition coefficient (Wildman–Crippen LogP) is 3.41. The summed E-state index contributed by atoms with van der Waals surface area (Å²) in [5.41, 5.74) is 1.23. The highest BCUT2D eigenvalue weighted by Crippen LogP contribution is 2.62. The van der Waals surface area contributed by atoms with Crippen molar-refractivity contribution in [1.82, 2.24) is 0 Å². The molecule has 0 aliphatic heterocycles. The maximum Gasteiger partial charge on any atom is 0.138 e. The van der Waals surface area contributed by atoms with E-state index in [2.05, 4.69) is 27.4 Å². The van der Waals surface area contributed by atoms with Crippen LogP contribution in [0.2, 0.25) is 0 Å². The zero-order valence-electron chi connectivity index (χ0n) is 14.9. The van der Waals surface area contributed by atoms with Crippen LogP contribution < -0.4 is 0 Å². The molecule has 0 aromatic carbocycles. The summed E-state index contributed by atoms with van der Waals surface area (Å²) in [6.45, 7) is 12.1. The average Bonchev–Trinajstić information content (AvgIpc) is 2.50. The van der Waals surface area contributed by atoms with Gasteiger partial charge in [-0.1, -0.05) is 39.3 Å². The molecule has 5 atom stereocenters. The Morgan fingerprint density at radius 3 is 2.43 bits per heavy atom. The fourth-order valence-corrected chi connectivity index (χ4v) is 5.60. The van der Waals surface area contributed by atoms with E-state index in [0.29, 0.717) is 24.5 Å². The Bertz CT molecular complexity index is 588. The van der Waals surface area contributed by atoms with Gasteiger partial charge >= 0.3 is 0 Å². The van der Waals surface area contributed by atoms with E-state index in [0.717, 1.165) is 24.8 Å². The van der Waals surface area contributed by atoms with E-state index in [1.807, 2.05) is 6.92 Å². The van der Waals surface area contributed by atoms with E-state index < -0.39 is 17.6 Å². The molecule has 0 amide bonds. The topological polar surface area (TPSA) is 57.5 Å². The molecule has 128 valence electrons. The van der Waals surface area contributed by atoms with Gasteiger partial charge in [0, 0.05) is 17.3 Å². The van der Waals surface area contributed by atoms with Crippen LogP contribution in [0.3, 0.4) is 0 Å². The number of Topliss-reactive ketones (excluding diaryl/α,β-unsaturated/α-hetero) is 1. The lowest BCUT2D eigenvalue weighted by Gasteiger charge is -2.57. The zero-order valence-corrected chi connectivity index (χ0v) is 14.9. The van der Waals surface area contributed by atoms with Gasteiger partial charge in [0.2, 0.25) is 0 Å². The van der Waals surface area contributed by atoms with Crippen molar-refractivity contribution >= 4 is 5.78 Å². The normalized spacial score (nSPS) is 46.2. The molecule has 3 aliphatic carbocycles. The molecule has 2 N–H and O–H groups in total. The van der Waals surface area contributed by atoms with Crippen molar-refractivity contribution in [2.45, 2.75) is 72.0 Å². The van der Waals surface area contributed by atoms with Gasteiger partial charge in [0.25, 0.3) is 0 Å². The molecule has 0 radical (unpaired) electrons. The van der Waals surface area contributed by atoms with Crippen molar-refractivity contribution in [3.63, 3.8) is 0 Å². The molecule has 1 fully saturated rings. The van der Waals surface area contributed by atoms with Gasteiger partial charge in [-0.15, -0.1) is 6.58 Å². The van der Waals surface area contributed by atoms with Crippen LogP contribution in [0.4, 0.5) is 0 Å². The second-order valence-corrected chi connectivity index (χ2v) is 8.85. The fourth-order valence-electron chi connectivity index (χ4n) is 5.60. The molecule has 0 aromatic heterocycles. The Balaban J connectivity index is 2.10. The monoisotopic (exact) mass is 318 g/mol. The standard InChI is InChI=1S/C20H30O3/c1-6-19(4)16(22)11-13-12(17(19)23)7-8-14-18(2,3)15(21)9-10-20(13,14)5/h6,14,16-17,22-23H,1,7-11H2,2-5H3. The van der Waals surface area contributed by atoms with Gasteiger partial charge in [-0.05, 0) is 42.6 Å². The van der Waals surface area contributed by atoms with E-state index in [1.165, 1.54) is 5.57 Å². The Hall–Kier alpha value is -0.930. The molecular formula is C20H30O3. The van der Waals surface area contributed by atoms with Crippen LogP contribution in [0, 0.1) is 22.2 Å². The molecule has 3 rings (SSSR count). The van der Waals surface area contributed by atoms with Crippen LogP contribution >= 0.6 is 0 Å². The summed E-state index contributed by atoms with van der Waals surface area (Å²) in [6.07, 6.45) is 4.20. The lowest BCUT2D eigenvalue weighted by atomic mass is 9.47. The molecule has 0 heterocycles. The van der Waals surface area contributed by atoms with Crippen LogP contribution in [0.5, 0.6) is 0 Å². The molecule has 3 aliphatic rings. The lowest BCUT2D eigenvalue weighted by Crippen LogP contribution is -2.55. The van der Waals surface area contributed by atoms with Crippen LogP contribution in [-0.4, -0.2) is 28.2 Å². The number of ketones is 1. The van der Waals surface area contributed by atoms with Crippen molar-refractivity contribution in [3.8, 4) is 0 Å². The third-order valence-corrected chi connectivity index (χ3v) is 7.48. The number of aliphatic hydroxyl groups is 2. The van der Waals surface area contributed by atoms with Crippen LogP contribution in [0.15, 0.2) is 23.8 Å². The maximum absolute atomic E-state index is 12.4. The number of hydrogen-bond acceptors (Lipinski definition) is 3. The SMILES string of the molecule is C=CC1(C)C(O)CC2=C(CCC3C(C)(C)C(=O)CCC23C)C1O. The molecule has 5 unspecified atom stereocenters. The largest absolute Gasteiger partial charge is 0.392 e. The predicted molar refractivity (Wildman–Crippen MR) is 90.8 cm³/mol. The van der Waals surface area contributed by atoms with Gasteiger partial charge in [-0.3, -0.25) is 4.79 Å². The second-order valence-electron chi connectivity index (χ2n) is 8.85. The summed E-state index contributed by atoms with van der Waals surface area (Å²) in [5.74, 6) is 0.652. The Morgan fingerprint density at radius 1 is 1.17 bits per heavy atom. The molecule has 0 saturated heterocycles. The number of carbonyl (C=O) groups excluding carboxylic acids is 1. The van der Waals surface area contributed by atoms with E-state index >= 15 is 0 Å². The van der Waals surface area contributed by atoms with Crippen molar-refractivity contribution in [1.29, 1.82) is 0 Å². The molecular weight excluding hydrogens is 288 g/mol. The first kappa shape index (κ1) is 16.9. The molecule has 1 saturated carbocycles. The molecule has 3 heteroatoms. The molecule has 0 bridgehead atoms. The molecule has 23 heavy (non-hydrogen) atoms. The first-order valence-electron chi connectivity index (χ1n) is 8.84. The van der Waals surface area contributed by atoms with Crippen molar-refractivity contribution in [2.24, 2.45) is 22.2 Å². The average molecular weight is 318 g/mol.